The zero-order chi connectivity index (χ0) is 24.1. The van der Waals surface area contributed by atoms with Crippen LogP contribution >= 0.6 is 0 Å². The Morgan fingerprint density at radius 1 is 0.971 bits per heavy atom. The quantitative estimate of drug-likeness (QED) is 0.704. The van der Waals surface area contributed by atoms with E-state index in [1.54, 1.807) is 54.6 Å². The van der Waals surface area contributed by atoms with E-state index in [1.165, 1.54) is 9.80 Å². The number of nitrogens with zero attached hydrogens (tertiary/aromatic N) is 3. The number of hydrogen-bond acceptors (Lipinski definition) is 5. The first kappa shape index (κ1) is 23.0. The lowest BCUT2D eigenvalue weighted by Gasteiger charge is -2.41. The first-order chi connectivity index (χ1) is 16.5. The van der Waals surface area contributed by atoms with Crippen LogP contribution in [0.4, 0.5) is 0 Å². The normalized spacial score (nSPS) is 20.1. The van der Waals surface area contributed by atoms with Crippen molar-refractivity contribution in [2.45, 2.75) is 24.9 Å². The van der Waals surface area contributed by atoms with E-state index in [0.29, 0.717) is 29.7 Å². The molecule has 0 bridgehead atoms. The average Bonchev–Trinajstić information content (AvgIpc) is 2.89. The molecule has 2 heterocycles. The van der Waals surface area contributed by atoms with E-state index < -0.39 is 18.0 Å². The molecule has 9 nitrogen and oxygen atoms in total. The molecule has 2 aromatic rings. The van der Waals surface area contributed by atoms with Crippen LogP contribution in [0.25, 0.3) is 0 Å². The summed E-state index contributed by atoms with van der Waals surface area (Å²) in [5.74, 6) is -1.31. The van der Waals surface area contributed by atoms with E-state index in [9.17, 15) is 19.2 Å². The zero-order valence-corrected chi connectivity index (χ0v) is 18.6. The van der Waals surface area contributed by atoms with E-state index in [2.05, 4.69) is 10.6 Å². The van der Waals surface area contributed by atoms with Crippen molar-refractivity contribution in [2.75, 3.05) is 26.2 Å². The van der Waals surface area contributed by atoms with Crippen LogP contribution in [-0.2, 0) is 9.59 Å². The SMILES string of the molecule is N#Cc1ccc(C(=O)N2CCN(C(=O)c3ccccc3)[C@H](C(=O)N[C@H]3CCCNC3=O)C2)cc1. The Bertz CT molecular complexity index is 1130. The maximum atomic E-state index is 13.3. The predicted molar refractivity (Wildman–Crippen MR) is 123 cm³/mol. The van der Waals surface area contributed by atoms with Crippen LogP contribution in [-0.4, -0.2) is 71.7 Å². The van der Waals surface area contributed by atoms with Gasteiger partial charge in [-0.3, -0.25) is 19.2 Å². The highest BCUT2D eigenvalue weighted by Gasteiger charge is 2.39. The van der Waals surface area contributed by atoms with Crippen molar-refractivity contribution in [3.63, 3.8) is 0 Å². The van der Waals surface area contributed by atoms with Gasteiger partial charge >= 0.3 is 0 Å². The van der Waals surface area contributed by atoms with Crippen LogP contribution in [0.5, 0.6) is 0 Å². The summed E-state index contributed by atoms with van der Waals surface area (Å²) in [7, 11) is 0. The summed E-state index contributed by atoms with van der Waals surface area (Å²) in [6.07, 6.45) is 1.27. The third-order valence-corrected chi connectivity index (χ3v) is 6.11. The highest BCUT2D eigenvalue weighted by Crippen LogP contribution is 2.18. The topological polar surface area (TPSA) is 123 Å². The van der Waals surface area contributed by atoms with Gasteiger partial charge in [-0.15, -0.1) is 0 Å². The molecule has 0 unspecified atom stereocenters. The van der Waals surface area contributed by atoms with Crippen molar-refractivity contribution >= 4 is 23.6 Å². The minimum Gasteiger partial charge on any atom is -0.354 e. The average molecular weight is 460 g/mol. The molecule has 0 spiro atoms. The molecule has 2 aromatic carbocycles. The molecule has 0 aromatic heterocycles. The lowest BCUT2D eigenvalue weighted by Crippen LogP contribution is -2.63. The molecule has 9 heteroatoms. The molecular formula is C25H25N5O4. The van der Waals surface area contributed by atoms with E-state index in [-0.39, 0.29) is 37.4 Å². The molecule has 2 fully saturated rings. The summed E-state index contributed by atoms with van der Waals surface area (Å²) in [4.78, 5) is 54.8. The summed E-state index contributed by atoms with van der Waals surface area (Å²) in [5.41, 5.74) is 1.29. The third-order valence-electron chi connectivity index (χ3n) is 6.11. The van der Waals surface area contributed by atoms with Gasteiger partial charge in [-0.2, -0.15) is 5.26 Å². The maximum absolute atomic E-state index is 13.3. The fourth-order valence-electron chi connectivity index (χ4n) is 4.23. The van der Waals surface area contributed by atoms with Gasteiger partial charge in [-0.1, -0.05) is 18.2 Å². The van der Waals surface area contributed by atoms with Crippen molar-refractivity contribution in [2.24, 2.45) is 0 Å². The van der Waals surface area contributed by atoms with Crippen LogP contribution in [0.1, 0.15) is 39.1 Å². The Morgan fingerprint density at radius 2 is 1.68 bits per heavy atom. The Balaban J connectivity index is 1.56. The summed E-state index contributed by atoms with van der Waals surface area (Å²) >= 11 is 0. The molecule has 2 aliphatic heterocycles. The fraction of sp³-hybridized carbons (Fsp3) is 0.320. The Kier molecular flexibility index (Phi) is 6.87. The van der Waals surface area contributed by atoms with Crippen LogP contribution in [0.3, 0.4) is 0 Å². The number of amides is 4. The zero-order valence-electron chi connectivity index (χ0n) is 18.6. The summed E-state index contributed by atoms with van der Waals surface area (Å²) in [6.45, 7) is 0.994. The van der Waals surface area contributed by atoms with Gasteiger partial charge in [0, 0.05) is 30.8 Å². The van der Waals surface area contributed by atoms with E-state index in [0.717, 1.165) is 6.42 Å². The molecule has 2 aliphatic rings. The summed E-state index contributed by atoms with van der Waals surface area (Å²) < 4.78 is 0. The number of benzene rings is 2. The molecule has 0 saturated carbocycles. The number of hydrogen-bond donors (Lipinski definition) is 2. The van der Waals surface area contributed by atoms with Crippen LogP contribution in [0.15, 0.2) is 54.6 Å². The molecule has 34 heavy (non-hydrogen) atoms. The molecule has 0 aliphatic carbocycles. The van der Waals surface area contributed by atoms with Gasteiger partial charge in [0.05, 0.1) is 18.2 Å². The van der Waals surface area contributed by atoms with Gasteiger partial charge < -0.3 is 20.4 Å². The second-order valence-electron chi connectivity index (χ2n) is 8.32. The Labute approximate surface area is 197 Å². The first-order valence-electron chi connectivity index (χ1n) is 11.2. The predicted octanol–water partition coefficient (Wildman–Crippen LogP) is 0.920. The minimum atomic E-state index is -0.946. The molecule has 2 atom stereocenters. The lowest BCUT2D eigenvalue weighted by atomic mass is 10.0. The van der Waals surface area contributed by atoms with E-state index in [4.69, 9.17) is 5.26 Å². The number of carbonyl (C=O) groups excluding carboxylic acids is 4. The van der Waals surface area contributed by atoms with Crippen molar-refractivity contribution in [3.05, 3.63) is 71.3 Å². The fourth-order valence-corrected chi connectivity index (χ4v) is 4.23. The maximum Gasteiger partial charge on any atom is 0.254 e. The lowest BCUT2D eigenvalue weighted by molar-refractivity contribution is -0.133. The molecule has 4 amide bonds. The summed E-state index contributed by atoms with van der Waals surface area (Å²) in [6, 6.07) is 15.3. The molecule has 2 saturated heterocycles. The molecule has 4 rings (SSSR count). The monoisotopic (exact) mass is 459 g/mol. The van der Waals surface area contributed by atoms with E-state index in [1.807, 2.05) is 6.07 Å². The summed E-state index contributed by atoms with van der Waals surface area (Å²) in [5, 5.41) is 14.5. The van der Waals surface area contributed by atoms with Gasteiger partial charge in [0.25, 0.3) is 11.8 Å². The van der Waals surface area contributed by atoms with Gasteiger partial charge in [-0.05, 0) is 49.2 Å². The van der Waals surface area contributed by atoms with Crippen LogP contribution in [0.2, 0.25) is 0 Å². The van der Waals surface area contributed by atoms with E-state index >= 15 is 0 Å². The van der Waals surface area contributed by atoms with Gasteiger partial charge in [0.2, 0.25) is 11.8 Å². The Hall–Kier alpha value is -4.19. The largest absolute Gasteiger partial charge is 0.354 e. The van der Waals surface area contributed by atoms with Crippen LogP contribution in [0, 0.1) is 11.3 Å². The van der Waals surface area contributed by atoms with Crippen molar-refractivity contribution in [3.8, 4) is 6.07 Å². The van der Waals surface area contributed by atoms with Gasteiger partial charge in [0.1, 0.15) is 12.1 Å². The van der Waals surface area contributed by atoms with Crippen LogP contribution < -0.4 is 10.6 Å². The van der Waals surface area contributed by atoms with Crippen molar-refractivity contribution < 1.29 is 19.2 Å². The first-order valence-corrected chi connectivity index (χ1v) is 11.2. The minimum absolute atomic E-state index is 0.00240. The van der Waals surface area contributed by atoms with Crippen molar-refractivity contribution in [1.82, 2.24) is 20.4 Å². The molecular weight excluding hydrogens is 434 g/mol. The number of nitriles is 1. The smallest absolute Gasteiger partial charge is 0.254 e. The third kappa shape index (κ3) is 4.91. The number of carbonyl (C=O) groups is 4. The molecule has 174 valence electrons. The standard InChI is InChI=1S/C25H25N5O4/c26-15-17-8-10-19(11-9-17)24(33)29-13-14-30(25(34)18-5-2-1-3-6-18)21(16-29)23(32)28-20-7-4-12-27-22(20)31/h1-3,5-6,8-11,20-21H,4,7,12-14,16H2,(H,27,31)(H,28,32)/t20-,21-/m0/s1. The van der Waals surface area contributed by atoms with Gasteiger partial charge in [0.15, 0.2) is 0 Å². The number of piperidine rings is 1. The number of nitrogens with one attached hydrogen (secondary N) is 2. The number of rotatable bonds is 4. The molecule has 2 N–H and O–H groups in total. The Morgan fingerprint density at radius 3 is 2.35 bits per heavy atom. The second-order valence-corrected chi connectivity index (χ2v) is 8.32. The van der Waals surface area contributed by atoms with Gasteiger partial charge in [-0.25, -0.2) is 0 Å². The van der Waals surface area contributed by atoms with Crippen molar-refractivity contribution in [1.29, 1.82) is 5.26 Å². The highest BCUT2D eigenvalue weighted by atomic mass is 16.2. The second kappa shape index (κ2) is 10.2. The molecule has 0 radical (unpaired) electrons. The number of piperazine rings is 1. The highest BCUT2D eigenvalue weighted by molar-refractivity contribution is 6.00.